The molecule has 1 aromatic heterocycles. The maximum absolute atomic E-state index is 11.5. The van der Waals surface area contributed by atoms with Crippen LogP contribution in [0.15, 0.2) is 42.5 Å². The number of rotatable bonds is 3. The zero-order chi connectivity index (χ0) is 16.2. The van der Waals surface area contributed by atoms with Gasteiger partial charge in [0.2, 0.25) is 11.8 Å². The first-order valence-corrected chi connectivity index (χ1v) is 7.70. The molecule has 5 heteroatoms. The number of amides is 1. The first-order chi connectivity index (χ1) is 11.1. The van der Waals surface area contributed by atoms with Gasteiger partial charge in [0.15, 0.2) is 0 Å². The van der Waals surface area contributed by atoms with Gasteiger partial charge >= 0.3 is 0 Å². The van der Waals surface area contributed by atoms with Crippen molar-refractivity contribution in [3.05, 3.63) is 53.7 Å². The minimum Gasteiger partial charge on any atom is -0.439 e. The lowest BCUT2D eigenvalue weighted by atomic mass is 10.2. The average Bonchev–Trinajstić information content (AvgIpc) is 2.57. The van der Waals surface area contributed by atoms with Gasteiger partial charge in [0.05, 0.1) is 18.8 Å². The summed E-state index contributed by atoms with van der Waals surface area (Å²) in [5, 5.41) is 0. The summed E-state index contributed by atoms with van der Waals surface area (Å²) in [5.74, 6) is 1.33. The number of pyridine rings is 1. The summed E-state index contributed by atoms with van der Waals surface area (Å²) in [6.07, 6.45) is -0.214. The molecule has 3 rings (SSSR count). The Bertz CT molecular complexity index is 685. The zero-order valence-electron chi connectivity index (χ0n) is 13.4. The Morgan fingerprint density at radius 2 is 2.04 bits per heavy atom. The van der Waals surface area contributed by atoms with E-state index in [2.05, 4.69) is 4.98 Å². The van der Waals surface area contributed by atoms with Crippen molar-refractivity contribution in [2.24, 2.45) is 0 Å². The topological polar surface area (TPSA) is 51.7 Å². The van der Waals surface area contributed by atoms with Gasteiger partial charge in [-0.1, -0.05) is 23.8 Å². The number of aryl methyl sites for hydroxylation is 1. The summed E-state index contributed by atoms with van der Waals surface area (Å²) in [6, 6.07) is 13.4. The predicted molar refractivity (Wildman–Crippen MR) is 86.4 cm³/mol. The molecule has 1 saturated heterocycles. The minimum atomic E-state index is -0.214. The van der Waals surface area contributed by atoms with Crippen molar-refractivity contribution in [1.82, 2.24) is 9.88 Å². The number of nitrogens with zero attached hydrogens (tertiary/aromatic N) is 2. The summed E-state index contributed by atoms with van der Waals surface area (Å²) in [5.41, 5.74) is 1.96. The van der Waals surface area contributed by atoms with Gasteiger partial charge in [0, 0.05) is 19.5 Å². The minimum absolute atomic E-state index is 0.0605. The highest BCUT2D eigenvalue weighted by Crippen LogP contribution is 2.25. The number of ether oxygens (including phenoxy) is 2. The highest BCUT2D eigenvalue weighted by molar-refractivity contribution is 5.73. The van der Waals surface area contributed by atoms with Crippen LogP contribution in [0.5, 0.6) is 11.6 Å². The third kappa shape index (κ3) is 3.87. The Labute approximate surface area is 135 Å². The van der Waals surface area contributed by atoms with E-state index < -0.39 is 0 Å². The van der Waals surface area contributed by atoms with Crippen molar-refractivity contribution in [3.8, 4) is 11.6 Å². The lowest BCUT2D eigenvalue weighted by molar-refractivity contribution is -0.136. The molecule has 0 N–H and O–H groups in total. The summed E-state index contributed by atoms with van der Waals surface area (Å²) in [6.45, 7) is 5.28. The van der Waals surface area contributed by atoms with Gasteiger partial charge in [-0.2, -0.15) is 0 Å². The molecule has 1 aromatic carbocycles. The molecular weight excluding hydrogens is 292 g/mol. The standard InChI is InChI=1S/C18H20N2O3/c1-13-6-8-15(9-7-13)23-18-5-3-4-16(19-18)17-12-20(14(2)21)10-11-22-17/h3-9,17H,10-12H2,1-2H3/t17-/m0/s1. The molecule has 5 nitrogen and oxygen atoms in total. The number of carbonyl (C=O) groups is 1. The molecule has 120 valence electrons. The molecule has 2 aromatic rings. The maximum Gasteiger partial charge on any atom is 0.219 e. The molecule has 1 aliphatic heterocycles. The van der Waals surface area contributed by atoms with E-state index in [1.165, 1.54) is 5.56 Å². The third-order valence-electron chi connectivity index (χ3n) is 3.83. The van der Waals surface area contributed by atoms with Crippen LogP contribution in [-0.4, -0.2) is 35.5 Å². The van der Waals surface area contributed by atoms with Gasteiger partial charge in [0.1, 0.15) is 11.9 Å². The van der Waals surface area contributed by atoms with Gasteiger partial charge in [-0.05, 0) is 25.1 Å². The first kappa shape index (κ1) is 15.5. The highest BCUT2D eigenvalue weighted by Gasteiger charge is 2.24. The van der Waals surface area contributed by atoms with E-state index in [1.807, 2.05) is 49.4 Å². The molecule has 23 heavy (non-hydrogen) atoms. The number of aromatic nitrogens is 1. The van der Waals surface area contributed by atoms with Crippen LogP contribution in [0, 0.1) is 6.92 Å². The van der Waals surface area contributed by atoms with Gasteiger partial charge in [-0.3, -0.25) is 4.79 Å². The number of morpholine rings is 1. The molecule has 0 unspecified atom stereocenters. The molecular formula is C18H20N2O3. The first-order valence-electron chi connectivity index (χ1n) is 7.70. The lowest BCUT2D eigenvalue weighted by Crippen LogP contribution is -2.41. The number of hydrogen-bond acceptors (Lipinski definition) is 4. The van der Waals surface area contributed by atoms with Crippen molar-refractivity contribution in [2.45, 2.75) is 20.0 Å². The Morgan fingerprint density at radius 3 is 2.78 bits per heavy atom. The second-order valence-electron chi connectivity index (χ2n) is 5.64. The van der Waals surface area contributed by atoms with E-state index in [9.17, 15) is 4.79 Å². The number of benzene rings is 1. The fourth-order valence-electron chi connectivity index (χ4n) is 2.51. The molecule has 0 radical (unpaired) electrons. The molecule has 1 amide bonds. The fraction of sp³-hybridized carbons (Fsp3) is 0.333. The van der Waals surface area contributed by atoms with Gasteiger partial charge < -0.3 is 14.4 Å². The van der Waals surface area contributed by atoms with Crippen molar-refractivity contribution in [1.29, 1.82) is 0 Å². The Kier molecular flexibility index (Phi) is 4.57. The van der Waals surface area contributed by atoms with E-state index in [-0.39, 0.29) is 12.0 Å². The summed E-state index contributed by atoms with van der Waals surface area (Å²) in [4.78, 5) is 17.8. The fourth-order valence-corrected chi connectivity index (χ4v) is 2.51. The zero-order valence-corrected chi connectivity index (χ0v) is 13.4. The van der Waals surface area contributed by atoms with Crippen LogP contribution in [0.2, 0.25) is 0 Å². The van der Waals surface area contributed by atoms with Gasteiger partial charge in [0.25, 0.3) is 0 Å². The summed E-state index contributed by atoms with van der Waals surface area (Å²) >= 11 is 0. The molecule has 2 heterocycles. The number of carbonyl (C=O) groups excluding carboxylic acids is 1. The van der Waals surface area contributed by atoms with E-state index in [1.54, 1.807) is 11.8 Å². The van der Waals surface area contributed by atoms with Crippen LogP contribution >= 0.6 is 0 Å². The van der Waals surface area contributed by atoms with E-state index in [0.717, 1.165) is 11.4 Å². The largest absolute Gasteiger partial charge is 0.439 e. The van der Waals surface area contributed by atoms with Crippen LogP contribution in [0.3, 0.4) is 0 Å². The van der Waals surface area contributed by atoms with E-state index in [4.69, 9.17) is 9.47 Å². The predicted octanol–water partition coefficient (Wildman–Crippen LogP) is 3.10. The Hall–Kier alpha value is -2.40. The third-order valence-corrected chi connectivity index (χ3v) is 3.83. The van der Waals surface area contributed by atoms with E-state index >= 15 is 0 Å². The normalized spacial score (nSPS) is 17.8. The van der Waals surface area contributed by atoms with Crippen LogP contribution < -0.4 is 4.74 Å². The quantitative estimate of drug-likeness (QED) is 0.874. The Balaban J connectivity index is 1.74. The lowest BCUT2D eigenvalue weighted by Gasteiger charge is -2.32. The number of hydrogen-bond donors (Lipinski definition) is 0. The van der Waals surface area contributed by atoms with Gasteiger partial charge in [-0.25, -0.2) is 4.98 Å². The second-order valence-corrected chi connectivity index (χ2v) is 5.64. The summed E-state index contributed by atoms with van der Waals surface area (Å²) in [7, 11) is 0. The van der Waals surface area contributed by atoms with Crippen LogP contribution in [-0.2, 0) is 9.53 Å². The molecule has 1 atom stereocenters. The van der Waals surface area contributed by atoms with Crippen molar-refractivity contribution < 1.29 is 14.3 Å². The second kappa shape index (κ2) is 6.79. The van der Waals surface area contributed by atoms with E-state index in [0.29, 0.717) is 25.6 Å². The Morgan fingerprint density at radius 1 is 1.26 bits per heavy atom. The van der Waals surface area contributed by atoms with Crippen molar-refractivity contribution >= 4 is 5.91 Å². The molecule has 1 fully saturated rings. The van der Waals surface area contributed by atoms with Crippen LogP contribution in [0.25, 0.3) is 0 Å². The van der Waals surface area contributed by atoms with Crippen LogP contribution in [0.4, 0.5) is 0 Å². The van der Waals surface area contributed by atoms with Crippen LogP contribution in [0.1, 0.15) is 24.3 Å². The molecule has 0 aliphatic carbocycles. The molecule has 0 spiro atoms. The van der Waals surface area contributed by atoms with Crippen molar-refractivity contribution in [2.75, 3.05) is 19.7 Å². The van der Waals surface area contributed by atoms with Gasteiger partial charge in [-0.15, -0.1) is 0 Å². The maximum atomic E-state index is 11.5. The molecule has 0 saturated carbocycles. The molecule has 1 aliphatic rings. The molecule has 0 bridgehead atoms. The SMILES string of the molecule is CC(=O)N1CCO[C@H](c2cccc(Oc3ccc(C)cc3)n2)C1. The monoisotopic (exact) mass is 312 g/mol. The smallest absolute Gasteiger partial charge is 0.219 e. The average molecular weight is 312 g/mol. The highest BCUT2D eigenvalue weighted by atomic mass is 16.5. The van der Waals surface area contributed by atoms with Crippen molar-refractivity contribution in [3.63, 3.8) is 0 Å². The summed E-state index contributed by atoms with van der Waals surface area (Å²) < 4.78 is 11.5.